The molecule has 3 atom stereocenters. The van der Waals surface area contributed by atoms with Gasteiger partial charge in [0.05, 0.1) is 23.4 Å². The molecule has 2 aliphatic rings. The average molecular weight is 337 g/mol. The normalized spacial score (nSPS) is 27.0. The number of aryl methyl sites for hydroxylation is 1. The lowest BCUT2D eigenvalue weighted by atomic mass is 9.83. The third kappa shape index (κ3) is 3.35. The second kappa shape index (κ2) is 6.49. The number of carbonyl (C=O) groups is 1. The number of aliphatic hydroxyl groups is 1. The Morgan fingerprint density at radius 3 is 2.78 bits per heavy atom. The number of nitrogens with one attached hydrogen (secondary N) is 1. The minimum atomic E-state index is -0.255. The minimum Gasteiger partial charge on any atom is -0.491 e. The zero-order valence-electron chi connectivity index (χ0n) is 13.3. The number of hydrazone groups is 1. The first-order valence-electron chi connectivity index (χ1n) is 7.93. The molecule has 23 heavy (non-hydrogen) atoms. The number of carbonyl (C=O) groups excluding carboxylic acids is 1. The number of ether oxygens (including phenoxy) is 1. The van der Waals surface area contributed by atoms with Gasteiger partial charge in [-0.15, -0.1) is 0 Å². The molecule has 124 valence electrons. The summed E-state index contributed by atoms with van der Waals surface area (Å²) < 4.78 is 5.83. The number of aliphatic hydroxyl groups excluding tert-OH is 1. The summed E-state index contributed by atoms with van der Waals surface area (Å²) in [6.07, 6.45) is 2.01. The quantitative estimate of drug-likeness (QED) is 0.888. The second-order valence-electron chi connectivity index (χ2n) is 6.46. The molecule has 0 radical (unpaired) electrons. The van der Waals surface area contributed by atoms with Gasteiger partial charge in [0.1, 0.15) is 5.75 Å². The molecule has 1 saturated carbocycles. The van der Waals surface area contributed by atoms with E-state index in [2.05, 4.69) is 10.5 Å². The Balaban J connectivity index is 1.78. The second-order valence-corrected chi connectivity index (χ2v) is 6.86. The number of nitrogens with zero attached hydrogens (tertiary/aromatic N) is 1. The lowest BCUT2D eigenvalue weighted by molar-refractivity contribution is -0.121. The molecule has 1 aromatic rings. The van der Waals surface area contributed by atoms with Gasteiger partial charge in [0, 0.05) is 23.8 Å². The molecule has 1 heterocycles. The van der Waals surface area contributed by atoms with Gasteiger partial charge in [0.25, 0.3) is 0 Å². The SMILES string of the molecule is Cc1cc(C2=NNC(=O)CC2C)cc(Cl)c1OCC1CCC1O. The van der Waals surface area contributed by atoms with Gasteiger partial charge >= 0.3 is 0 Å². The average Bonchev–Trinajstić information content (AvgIpc) is 2.48. The summed E-state index contributed by atoms with van der Waals surface area (Å²) in [7, 11) is 0. The van der Waals surface area contributed by atoms with Gasteiger partial charge in [-0.1, -0.05) is 18.5 Å². The maximum absolute atomic E-state index is 11.4. The summed E-state index contributed by atoms with van der Waals surface area (Å²) in [6, 6.07) is 3.80. The summed E-state index contributed by atoms with van der Waals surface area (Å²) in [5.74, 6) is 0.838. The van der Waals surface area contributed by atoms with E-state index in [1.54, 1.807) is 0 Å². The fraction of sp³-hybridized carbons (Fsp3) is 0.529. The van der Waals surface area contributed by atoms with E-state index in [1.165, 1.54) is 0 Å². The van der Waals surface area contributed by atoms with Crippen molar-refractivity contribution >= 4 is 23.2 Å². The highest BCUT2D eigenvalue weighted by atomic mass is 35.5. The van der Waals surface area contributed by atoms with Crippen molar-refractivity contribution in [3.63, 3.8) is 0 Å². The summed E-state index contributed by atoms with van der Waals surface area (Å²) in [5, 5.41) is 14.3. The van der Waals surface area contributed by atoms with Crippen molar-refractivity contribution in [3.8, 4) is 5.75 Å². The van der Waals surface area contributed by atoms with Crippen LogP contribution in [-0.4, -0.2) is 29.4 Å². The molecule has 1 aromatic carbocycles. The molecule has 1 aliphatic carbocycles. The Labute approximate surface area is 140 Å². The molecular formula is C17H21ClN2O3. The van der Waals surface area contributed by atoms with Crippen LogP contribution in [0.25, 0.3) is 0 Å². The standard InChI is InChI=1S/C17H21ClN2O3/c1-9-6-15(22)19-20-16(9)12-5-10(2)17(13(18)7-12)23-8-11-3-4-14(11)21/h5,7,9,11,14,21H,3-4,6,8H2,1-2H3,(H,19,22). The van der Waals surface area contributed by atoms with E-state index in [0.29, 0.717) is 23.8 Å². The first kappa shape index (κ1) is 16.3. The zero-order valence-corrected chi connectivity index (χ0v) is 14.1. The molecule has 0 saturated heterocycles. The van der Waals surface area contributed by atoms with Gasteiger partial charge in [-0.25, -0.2) is 5.43 Å². The first-order valence-corrected chi connectivity index (χ1v) is 8.31. The molecule has 1 aliphatic heterocycles. The number of hydrogen-bond acceptors (Lipinski definition) is 4. The van der Waals surface area contributed by atoms with Crippen LogP contribution in [0.3, 0.4) is 0 Å². The summed E-state index contributed by atoms with van der Waals surface area (Å²) >= 11 is 6.38. The van der Waals surface area contributed by atoms with Crippen molar-refractivity contribution in [1.29, 1.82) is 0 Å². The highest BCUT2D eigenvalue weighted by Gasteiger charge is 2.30. The minimum absolute atomic E-state index is 0.0520. The fourth-order valence-corrected chi connectivity index (χ4v) is 3.32. The van der Waals surface area contributed by atoms with Crippen molar-refractivity contribution in [1.82, 2.24) is 5.43 Å². The van der Waals surface area contributed by atoms with Crippen molar-refractivity contribution in [2.24, 2.45) is 16.9 Å². The number of amides is 1. The van der Waals surface area contributed by atoms with Crippen LogP contribution in [-0.2, 0) is 4.79 Å². The third-order valence-corrected chi connectivity index (χ3v) is 4.88. The van der Waals surface area contributed by atoms with Crippen LogP contribution in [0.4, 0.5) is 0 Å². The molecule has 5 nitrogen and oxygen atoms in total. The van der Waals surface area contributed by atoms with Crippen molar-refractivity contribution < 1.29 is 14.6 Å². The van der Waals surface area contributed by atoms with E-state index in [-0.39, 0.29) is 23.8 Å². The van der Waals surface area contributed by atoms with Crippen LogP contribution in [0.15, 0.2) is 17.2 Å². The highest BCUT2D eigenvalue weighted by Crippen LogP contribution is 2.34. The van der Waals surface area contributed by atoms with Gasteiger partial charge in [-0.3, -0.25) is 4.79 Å². The maximum atomic E-state index is 11.4. The highest BCUT2D eigenvalue weighted by molar-refractivity contribution is 6.32. The summed E-state index contributed by atoms with van der Waals surface area (Å²) in [6.45, 7) is 4.40. The van der Waals surface area contributed by atoms with Gasteiger partial charge in [0.2, 0.25) is 5.91 Å². The summed E-state index contributed by atoms with van der Waals surface area (Å²) in [5.41, 5.74) is 5.17. The van der Waals surface area contributed by atoms with Gasteiger partial charge < -0.3 is 9.84 Å². The van der Waals surface area contributed by atoms with Crippen LogP contribution >= 0.6 is 11.6 Å². The van der Waals surface area contributed by atoms with E-state index in [1.807, 2.05) is 26.0 Å². The molecule has 0 spiro atoms. The van der Waals surface area contributed by atoms with E-state index in [4.69, 9.17) is 16.3 Å². The van der Waals surface area contributed by atoms with E-state index in [9.17, 15) is 9.90 Å². The molecule has 0 aromatic heterocycles. The topological polar surface area (TPSA) is 70.9 Å². The van der Waals surface area contributed by atoms with Gasteiger partial charge in [-0.2, -0.15) is 5.10 Å². The lowest BCUT2D eigenvalue weighted by Crippen LogP contribution is -2.35. The molecule has 6 heteroatoms. The number of rotatable bonds is 4. The molecule has 0 bridgehead atoms. The Morgan fingerprint density at radius 1 is 1.43 bits per heavy atom. The smallest absolute Gasteiger partial charge is 0.240 e. The third-order valence-electron chi connectivity index (χ3n) is 4.60. The number of halogens is 1. The molecule has 3 rings (SSSR count). The fourth-order valence-electron chi connectivity index (χ4n) is 3.00. The Bertz CT molecular complexity index is 636. The zero-order chi connectivity index (χ0) is 16.6. The van der Waals surface area contributed by atoms with Crippen LogP contribution in [0.2, 0.25) is 5.02 Å². The van der Waals surface area contributed by atoms with E-state index < -0.39 is 0 Å². The lowest BCUT2D eigenvalue weighted by Gasteiger charge is -2.32. The predicted octanol–water partition coefficient (Wildman–Crippen LogP) is 2.66. The van der Waals surface area contributed by atoms with Crippen LogP contribution in [0, 0.1) is 18.8 Å². The maximum Gasteiger partial charge on any atom is 0.240 e. The van der Waals surface area contributed by atoms with Crippen molar-refractivity contribution in [2.75, 3.05) is 6.61 Å². The first-order chi connectivity index (χ1) is 11.0. The van der Waals surface area contributed by atoms with Crippen LogP contribution in [0.1, 0.15) is 37.3 Å². The summed E-state index contributed by atoms with van der Waals surface area (Å²) in [4.78, 5) is 11.4. The Kier molecular flexibility index (Phi) is 4.60. The van der Waals surface area contributed by atoms with Crippen LogP contribution < -0.4 is 10.2 Å². The molecule has 2 N–H and O–H groups in total. The van der Waals surface area contributed by atoms with E-state index in [0.717, 1.165) is 29.7 Å². The van der Waals surface area contributed by atoms with Crippen molar-refractivity contribution in [3.05, 3.63) is 28.3 Å². The Morgan fingerprint density at radius 2 is 2.22 bits per heavy atom. The molecular weight excluding hydrogens is 316 g/mol. The molecule has 1 amide bonds. The largest absolute Gasteiger partial charge is 0.491 e. The predicted molar refractivity (Wildman–Crippen MR) is 88.9 cm³/mol. The number of hydrogen-bond donors (Lipinski definition) is 2. The number of benzene rings is 1. The van der Waals surface area contributed by atoms with Crippen LogP contribution in [0.5, 0.6) is 5.75 Å². The monoisotopic (exact) mass is 336 g/mol. The van der Waals surface area contributed by atoms with E-state index >= 15 is 0 Å². The van der Waals surface area contributed by atoms with Gasteiger partial charge in [0.15, 0.2) is 0 Å². The van der Waals surface area contributed by atoms with Gasteiger partial charge in [-0.05, 0) is 37.5 Å². The Hall–Kier alpha value is -1.59. The van der Waals surface area contributed by atoms with Crippen molar-refractivity contribution in [2.45, 2.75) is 39.2 Å². The molecule has 1 fully saturated rings. The molecule has 3 unspecified atom stereocenters.